The maximum atomic E-state index is 11.1. The summed E-state index contributed by atoms with van der Waals surface area (Å²) in [7, 11) is 0. The van der Waals surface area contributed by atoms with Gasteiger partial charge in [-0.2, -0.15) is 0 Å². The lowest BCUT2D eigenvalue weighted by molar-refractivity contribution is 0.0698. The van der Waals surface area contributed by atoms with Gasteiger partial charge in [0.1, 0.15) is 5.75 Å². The van der Waals surface area contributed by atoms with Crippen molar-refractivity contribution in [2.45, 2.75) is 0 Å². The summed E-state index contributed by atoms with van der Waals surface area (Å²) in [6.07, 6.45) is 1.45. The maximum Gasteiger partial charge on any atom is 0.337 e. The van der Waals surface area contributed by atoms with Crippen LogP contribution in [-0.4, -0.2) is 22.4 Å². The Morgan fingerprint density at radius 3 is 2.70 bits per heavy atom. The number of para-hydroxylation sites is 1. The lowest BCUT2D eigenvalue weighted by Crippen LogP contribution is -1.96. The lowest BCUT2D eigenvalue weighted by atomic mass is 10.2. The minimum Gasteiger partial charge on any atom is -0.506 e. The molecule has 0 heterocycles. The van der Waals surface area contributed by atoms with Gasteiger partial charge in [0, 0.05) is 16.3 Å². The van der Waals surface area contributed by atoms with Gasteiger partial charge in [0.05, 0.1) is 14.8 Å². The number of aromatic hydroxyl groups is 1. The molecular formula is C14H9BrINO3. The normalized spacial score (nSPS) is 10.9. The standard InChI is InChI=1S/C14H9BrINO3/c15-9-5-8(13(18)11(16)6-9)7-17-12-4-2-1-3-10(12)14(19)20/h1-7,18H,(H,19,20). The van der Waals surface area contributed by atoms with Crippen molar-refractivity contribution in [3.8, 4) is 5.75 Å². The van der Waals surface area contributed by atoms with E-state index in [9.17, 15) is 9.90 Å². The first-order valence-electron chi connectivity index (χ1n) is 5.53. The van der Waals surface area contributed by atoms with Crippen LogP contribution in [0, 0.1) is 3.57 Å². The van der Waals surface area contributed by atoms with Crippen LogP contribution in [0.5, 0.6) is 5.75 Å². The van der Waals surface area contributed by atoms with E-state index in [0.717, 1.165) is 4.47 Å². The number of benzene rings is 2. The first-order valence-corrected chi connectivity index (χ1v) is 7.40. The fraction of sp³-hybridized carbons (Fsp3) is 0. The van der Waals surface area contributed by atoms with Crippen LogP contribution in [0.3, 0.4) is 0 Å². The summed E-state index contributed by atoms with van der Waals surface area (Å²) in [5.41, 5.74) is 0.978. The van der Waals surface area contributed by atoms with E-state index in [1.165, 1.54) is 12.3 Å². The summed E-state index contributed by atoms with van der Waals surface area (Å²) in [6.45, 7) is 0. The minimum atomic E-state index is -1.04. The van der Waals surface area contributed by atoms with Gasteiger partial charge >= 0.3 is 5.97 Å². The van der Waals surface area contributed by atoms with Gasteiger partial charge in [0.25, 0.3) is 0 Å². The number of rotatable bonds is 3. The molecule has 0 spiro atoms. The fourth-order valence-electron chi connectivity index (χ4n) is 1.59. The van der Waals surface area contributed by atoms with Crippen molar-refractivity contribution >= 4 is 56.4 Å². The van der Waals surface area contributed by atoms with Crippen LogP contribution < -0.4 is 0 Å². The number of carbonyl (C=O) groups is 1. The average Bonchev–Trinajstić information content (AvgIpc) is 2.41. The molecule has 0 aliphatic rings. The molecule has 0 saturated carbocycles. The van der Waals surface area contributed by atoms with Crippen LogP contribution in [0.15, 0.2) is 45.9 Å². The molecule has 0 amide bonds. The Bertz CT molecular complexity index is 701. The van der Waals surface area contributed by atoms with Gasteiger partial charge in [0.2, 0.25) is 0 Å². The van der Waals surface area contributed by atoms with Crippen molar-refractivity contribution in [1.29, 1.82) is 0 Å². The lowest BCUT2D eigenvalue weighted by Gasteiger charge is -2.03. The molecule has 4 nitrogen and oxygen atoms in total. The van der Waals surface area contributed by atoms with Gasteiger partial charge in [-0.05, 0) is 46.9 Å². The molecule has 6 heteroatoms. The number of hydrogen-bond acceptors (Lipinski definition) is 3. The monoisotopic (exact) mass is 445 g/mol. The molecule has 0 aromatic heterocycles. The average molecular weight is 446 g/mol. The summed E-state index contributed by atoms with van der Waals surface area (Å²) < 4.78 is 1.50. The molecule has 2 N–H and O–H groups in total. The second-order valence-corrected chi connectivity index (χ2v) is 5.98. The first kappa shape index (κ1) is 15.0. The third-order valence-corrected chi connectivity index (χ3v) is 3.81. The Labute approximate surface area is 137 Å². The largest absolute Gasteiger partial charge is 0.506 e. The number of nitrogens with zero attached hydrogens (tertiary/aromatic N) is 1. The maximum absolute atomic E-state index is 11.1. The molecule has 0 radical (unpaired) electrons. The smallest absolute Gasteiger partial charge is 0.337 e. The van der Waals surface area contributed by atoms with Crippen LogP contribution in [0.2, 0.25) is 0 Å². The zero-order valence-electron chi connectivity index (χ0n) is 10.0. The van der Waals surface area contributed by atoms with E-state index in [2.05, 4.69) is 20.9 Å². The quantitative estimate of drug-likeness (QED) is 0.549. The molecule has 102 valence electrons. The molecule has 0 aliphatic heterocycles. The van der Waals surface area contributed by atoms with Crippen LogP contribution >= 0.6 is 38.5 Å². The molecule has 0 bridgehead atoms. The topological polar surface area (TPSA) is 69.9 Å². The molecule has 0 unspecified atom stereocenters. The Balaban J connectivity index is 2.42. The zero-order valence-corrected chi connectivity index (χ0v) is 13.8. The van der Waals surface area contributed by atoms with Crippen molar-refractivity contribution in [2.75, 3.05) is 0 Å². The number of carboxylic acids is 1. The van der Waals surface area contributed by atoms with Gasteiger partial charge in [-0.1, -0.05) is 28.1 Å². The minimum absolute atomic E-state index is 0.116. The van der Waals surface area contributed by atoms with Gasteiger partial charge in [-0.15, -0.1) is 0 Å². The molecule has 0 atom stereocenters. The predicted octanol–water partition coefficient (Wildman–Crippen LogP) is 4.21. The van der Waals surface area contributed by atoms with Crippen molar-refractivity contribution < 1.29 is 15.0 Å². The molecule has 0 fully saturated rings. The Hall–Kier alpha value is -1.41. The molecule has 2 aromatic carbocycles. The summed E-state index contributed by atoms with van der Waals surface area (Å²) in [6, 6.07) is 9.94. The van der Waals surface area contributed by atoms with Gasteiger partial charge < -0.3 is 10.2 Å². The highest BCUT2D eigenvalue weighted by Gasteiger charge is 2.09. The molecular weight excluding hydrogens is 437 g/mol. The van der Waals surface area contributed by atoms with E-state index in [-0.39, 0.29) is 11.3 Å². The number of aromatic carboxylic acids is 1. The molecule has 2 aromatic rings. The van der Waals surface area contributed by atoms with Gasteiger partial charge in [-0.25, -0.2) is 4.79 Å². The third kappa shape index (κ3) is 3.37. The highest BCUT2D eigenvalue weighted by Crippen LogP contribution is 2.28. The van der Waals surface area contributed by atoms with E-state index in [4.69, 9.17) is 5.11 Å². The van der Waals surface area contributed by atoms with Crippen molar-refractivity contribution in [3.63, 3.8) is 0 Å². The van der Waals surface area contributed by atoms with Gasteiger partial charge in [-0.3, -0.25) is 4.99 Å². The van der Waals surface area contributed by atoms with E-state index >= 15 is 0 Å². The molecule has 0 saturated heterocycles. The first-order chi connectivity index (χ1) is 9.49. The number of phenolic OH excluding ortho intramolecular Hbond substituents is 1. The van der Waals surface area contributed by atoms with E-state index in [1.54, 1.807) is 30.3 Å². The van der Waals surface area contributed by atoms with E-state index < -0.39 is 5.97 Å². The number of hydrogen-bond donors (Lipinski definition) is 2. The highest BCUT2D eigenvalue weighted by molar-refractivity contribution is 14.1. The molecule has 20 heavy (non-hydrogen) atoms. The van der Waals surface area contributed by atoms with E-state index in [0.29, 0.717) is 14.8 Å². The zero-order chi connectivity index (χ0) is 14.7. The molecule has 0 aliphatic carbocycles. The van der Waals surface area contributed by atoms with Crippen molar-refractivity contribution in [2.24, 2.45) is 4.99 Å². The molecule has 2 rings (SSSR count). The predicted molar refractivity (Wildman–Crippen MR) is 89.2 cm³/mol. The number of aliphatic imine (C=N–C) groups is 1. The Morgan fingerprint density at radius 2 is 2.00 bits per heavy atom. The summed E-state index contributed by atoms with van der Waals surface area (Å²) >= 11 is 5.35. The summed E-state index contributed by atoms with van der Waals surface area (Å²) in [5.74, 6) is -0.920. The Morgan fingerprint density at radius 1 is 1.30 bits per heavy atom. The van der Waals surface area contributed by atoms with Crippen molar-refractivity contribution in [3.05, 3.63) is 55.6 Å². The van der Waals surface area contributed by atoms with Crippen LogP contribution in [-0.2, 0) is 0 Å². The summed E-state index contributed by atoms with van der Waals surface area (Å²) in [5, 5.41) is 19.0. The number of carboxylic acid groups (broad SMARTS) is 1. The highest BCUT2D eigenvalue weighted by atomic mass is 127. The second-order valence-electron chi connectivity index (χ2n) is 3.91. The number of halogens is 2. The Kier molecular flexibility index (Phi) is 4.77. The second kappa shape index (κ2) is 6.36. The third-order valence-electron chi connectivity index (χ3n) is 2.53. The van der Waals surface area contributed by atoms with Gasteiger partial charge in [0.15, 0.2) is 0 Å². The van der Waals surface area contributed by atoms with Crippen LogP contribution in [0.25, 0.3) is 0 Å². The van der Waals surface area contributed by atoms with Crippen molar-refractivity contribution in [1.82, 2.24) is 0 Å². The number of phenols is 1. The van der Waals surface area contributed by atoms with Crippen LogP contribution in [0.4, 0.5) is 5.69 Å². The fourth-order valence-corrected chi connectivity index (χ4v) is 3.14. The SMILES string of the molecule is O=C(O)c1ccccc1N=Cc1cc(Br)cc(I)c1O. The van der Waals surface area contributed by atoms with Crippen LogP contribution in [0.1, 0.15) is 15.9 Å². The van der Waals surface area contributed by atoms with E-state index in [1.807, 2.05) is 22.6 Å². The summed E-state index contributed by atoms with van der Waals surface area (Å²) in [4.78, 5) is 15.2.